The topological polar surface area (TPSA) is 0 Å². The Balaban J connectivity index is 1.77. The Kier molecular flexibility index (Phi) is 6.62. The molecule has 0 N–H and O–H groups in total. The van der Waals surface area contributed by atoms with Gasteiger partial charge in [0.2, 0.25) is 0 Å². The zero-order valence-corrected chi connectivity index (χ0v) is 25.7. The van der Waals surface area contributed by atoms with Crippen LogP contribution in [0.15, 0.2) is 0 Å². The lowest BCUT2D eigenvalue weighted by Crippen LogP contribution is -2.65. The van der Waals surface area contributed by atoms with Gasteiger partial charge in [0.25, 0.3) is 0 Å². The molecule has 4 rings (SSSR count). The van der Waals surface area contributed by atoms with E-state index < -0.39 is 0 Å². The minimum absolute atomic E-state index is 0.336. The van der Waals surface area contributed by atoms with Gasteiger partial charge in [0.05, 0.1) is 0 Å². The third-order valence-corrected chi connectivity index (χ3v) is 15.1. The first kappa shape index (κ1) is 27.1. The van der Waals surface area contributed by atoms with Gasteiger partial charge in [-0.2, -0.15) is 0 Å². The van der Waals surface area contributed by atoms with Crippen LogP contribution in [0.1, 0.15) is 140 Å². The number of hydrogen-bond acceptors (Lipinski definition) is 1. The second-order valence-electron chi connectivity index (χ2n) is 15.9. The highest BCUT2D eigenvalue weighted by atomic mass is 32.1. The lowest BCUT2D eigenvalue weighted by atomic mass is 9.34. The summed E-state index contributed by atoms with van der Waals surface area (Å²) in [5, 5.41) is 0. The minimum Gasteiger partial charge on any atom is -0.0893 e. The van der Waals surface area contributed by atoms with Crippen LogP contribution in [-0.4, -0.2) is 4.86 Å². The molecule has 0 radical (unpaired) electrons. The van der Waals surface area contributed by atoms with Crippen molar-refractivity contribution in [3.63, 3.8) is 0 Å². The average molecular weight is 487 g/mol. The molecular weight excluding hydrogens is 428 g/mol. The van der Waals surface area contributed by atoms with Gasteiger partial charge in [0, 0.05) is 5.92 Å². The third kappa shape index (κ3) is 3.29. The van der Waals surface area contributed by atoms with E-state index in [9.17, 15) is 0 Å². The first-order chi connectivity index (χ1) is 15.6. The number of fused-ring (bicyclic) bond motifs is 5. The lowest BCUT2D eigenvalue weighted by molar-refractivity contribution is -0.195. The Morgan fingerprint density at radius 1 is 0.912 bits per heavy atom. The predicted molar refractivity (Wildman–Crippen MR) is 153 cm³/mol. The summed E-state index contributed by atoms with van der Waals surface area (Å²) in [6.07, 6.45) is 13.6. The first-order valence-corrected chi connectivity index (χ1v) is 15.5. The van der Waals surface area contributed by atoms with Crippen LogP contribution in [0.5, 0.6) is 0 Å². The summed E-state index contributed by atoms with van der Waals surface area (Å²) in [6.45, 7) is 28.6. The molecule has 1 heteroatoms. The molecule has 10 unspecified atom stereocenters. The Morgan fingerprint density at radius 3 is 2.15 bits per heavy atom. The molecule has 196 valence electrons. The SMILES string of the molecule is CCC(C)CC(C)(CC)C1(C)CCC2(C)C1C(=S)CC1C3(C)CCC(C)C(C)(C)C3CCC12C. The smallest absolute Gasteiger partial charge is 0.00204 e. The Hall–Kier alpha value is 0.0900. The summed E-state index contributed by atoms with van der Waals surface area (Å²) < 4.78 is 0. The van der Waals surface area contributed by atoms with E-state index in [1.165, 1.54) is 69.1 Å². The highest BCUT2D eigenvalue weighted by Gasteiger charge is 2.72. The fourth-order valence-electron chi connectivity index (χ4n) is 11.4. The molecule has 0 aromatic heterocycles. The van der Waals surface area contributed by atoms with Crippen molar-refractivity contribution in [3.8, 4) is 0 Å². The molecule has 34 heavy (non-hydrogen) atoms. The molecule has 0 spiro atoms. The number of rotatable bonds is 5. The molecule has 4 aliphatic rings. The second kappa shape index (κ2) is 8.30. The van der Waals surface area contributed by atoms with Gasteiger partial charge in [-0.25, -0.2) is 0 Å². The normalized spacial score (nSPS) is 50.6. The summed E-state index contributed by atoms with van der Waals surface area (Å²) in [4.78, 5) is 1.48. The van der Waals surface area contributed by atoms with Crippen LogP contribution in [-0.2, 0) is 0 Å². The van der Waals surface area contributed by atoms with Crippen LogP contribution in [0.4, 0.5) is 0 Å². The van der Waals surface area contributed by atoms with E-state index >= 15 is 0 Å². The van der Waals surface area contributed by atoms with Crippen molar-refractivity contribution in [2.24, 2.45) is 62.1 Å². The first-order valence-electron chi connectivity index (χ1n) is 15.1. The van der Waals surface area contributed by atoms with E-state index in [0.29, 0.717) is 38.4 Å². The van der Waals surface area contributed by atoms with Crippen molar-refractivity contribution in [1.29, 1.82) is 0 Å². The van der Waals surface area contributed by atoms with Gasteiger partial charge in [0.1, 0.15) is 0 Å². The zero-order chi connectivity index (χ0) is 25.5. The molecule has 0 aromatic carbocycles. The maximum atomic E-state index is 6.56. The van der Waals surface area contributed by atoms with Gasteiger partial charge < -0.3 is 0 Å². The molecule has 0 aliphatic heterocycles. The van der Waals surface area contributed by atoms with Crippen molar-refractivity contribution in [2.75, 3.05) is 0 Å². The van der Waals surface area contributed by atoms with Gasteiger partial charge in [-0.3, -0.25) is 0 Å². The summed E-state index contributed by atoms with van der Waals surface area (Å²) in [5.41, 5.74) is 2.39. The average Bonchev–Trinajstić information content (AvgIpc) is 3.07. The number of thiocarbonyl (C=S) groups is 1. The Bertz CT molecular complexity index is 811. The van der Waals surface area contributed by atoms with Gasteiger partial charge >= 0.3 is 0 Å². The summed E-state index contributed by atoms with van der Waals surface area (Å²) in [6, 6.07) is 0. The van der Waals surface area contributed by atoms with E-state index in [0.717, 1.165) is 23.7 Å². The van der Waals surface area contributed by atoms with Crippen LogP contribution in [0.3, 0.4) is 0 Å². The van der Waals surface area contributed by atoms with Crippen molar-refractivity contribution >= 4 is 17.1 Å². The van der Waals surface area contributed by atoms with Crippen LogP contribution >= 0.6 is 12.2 Å². The highest BCUT2D eigenvalue weighted by molar-refractivity contribution is 7.80. The summed E-state index contributed by atoms with van der Waals surface area (Å²) in [7, 11) is 0. The minimum atomic E-state index is 0.336. The molecule has 0 heterocycles. The van der Waals surface area contributed by atoms with Gasteiger partial charge in [-0.1, -0.05) is 101 Å². The van der Waals surface area contributed by atoms with Crippen molar-refractivity contribution in [2.45, 2.75) is 140 Å². The largest absolute Gasteiger partial charge is 0.0893 e. The molecular formula is C33H58S. The predicted octanol–water partition coefficient (Wildman–Crippen LogP) is 10.5. The van der Waals surface area contributed by atoms with Crippen molar-refractivity contribution in [1.82, 2.24) is 0 Å². The van der Waals surface area contributed by atoms with E-state index in [1.807, 2.05) is 0 Å². The fraction of sp³-hybridized carbons (Fsp3) is 0.970. The Labute approximate surface area is 219 Å². The lowest BCUT2D eigenvalue weighted by Gasteiger charge is -2.71. The van der Waals surface area contributed by atoms with E-state index in [1.54, 1.807) is 0 Å². The molecule has 0 aromatic rings. The maximum absolute atomic E-state index is 6.56. The van der Waals surface area contributed by atoms with E-state index in [4.69, 9.17) is 12.2 Å². The molecule has 0 amide bonds. The van der Waals surface area contributed by atoms with Crippen LogP contribution in [0.25, 0.3) is 0 Å². The quantitative estimate of drug-likeness (QED) is 0.348. The van der Waals surface area contributed by atoms with Gasteiger partial charge in [0.15, 0.2) is 0 Å². The molecule has 4 aliphatic carbocycles. The standard InChI is InChI=1S/C33H58S/c1-12-22(3)21-29(7,13-2)32(10)18-19-33(11)27(32)24(34)20-26-30(8)16-14-23(4)28(5,6)25(30)15-17-31(26,33)9/h22-23,25-27H,12-21H2,1-11H3. The third-order valence-electron chi connectivity index (χ3n) is 14.7. The zero-order valence-electron chi connectivity index (χ0n) is 24.9. The fourth-order valence-corrected chi connectivity index (χ4v) is 12.1. The Morgan fingerprint density at radius 2 is 1.56 bits per heavy atom. The van der Waals surface area contributed by atoms with E-state index in [-0.39, 0.29) is 0 Å². The van der Waals surface area contributed by atoms with Gasteiger partial charge in [-0.15, -0.1) is 0 Å². The second-order valence-corrected chi connectivity index (χ2v) is 16.4. The molecule has 4 saturated carbocycles. The van der Waals surface area contributed by atoms with Crippen molar-refractivity contribution in [3.05, 3.63) is 0 Å². The molecule has 0 saturated heterocycles. The highest BCUT2D eigenvalue weighted by Crippen LogP contribution is 2.78. The van der Waals surface area contributed by atoms with Crippen LogP contribution < -0.4 is 0 Å². The maximum Gasteiger partial charge on any atom is 0.00204 e. The molecule has 0 nitrogen and oxygen atoms in total. The van der Waals surface area contributed by atoms with Crippen LogP contribution in [0, 0.1) is 62.1 Å². The molecule has 10 atom stereocenters. The van der Waals surface area contributed by atoms with E-state index in [2.05, 4.69) is 76.2 Å². The van der Waals surface area contributed by atoms with Crippen molar-refractivity contribution < 1.29 is 0 Å². The summed E-state index contributed by atoms with van der Waals surface area (Å²) in [5.74, 6) is 3.87. The molecule has 4 fully saturated rings. The van der Waals surface area contributed by atoms with Crippen LogP contribution in [0.2, 0.25) is 0 Å². The van der Waals surface area contributed by atoms with Gasteiger partial charge in [-0.05, 0) is 112 Å². The molecule has 0 bridgehead atoms. The summed E-state index contributed by atoms with van der Waals surface area (Å²) >= 11 is 6.56. The number of hydrogen-bond donors (Lipinski definition) is 0. The monoisotopic (exact) mass is 486 g/mol.